The van der Waals surface area contributed by atoms with Crippen molar-refractivity contribution in [2.45, 2.75) is 20.4 Å². The number of amides is 1. The van der Waals surface area contributed by atoms with Crippen molar-refractivity contribution in [3.63, 3.8) is 0 Å². The van der Waals surface area contributed by atoms with E-state index in [-0.39, 0.29) is 21.8 Å². The number of aromatic nitrogens is 3. The molecular formula is C19H21Cl2N5O. The molecule has 0 saturated heterocycles. The van der Waals surface area contributed by atoms with Gasteiger partial charge in [0.1, 0.15) is 10.3 Å². The molecule has 1 amide bonds. The zero-order chi connectivity index (χ0) is 19.4. The van der Waals surface area contributed by atoms with Gasteiger partial charge in [-0.25, -0.2) is 9.97 Å². The van der Waals surface area contributed by atoms with Gasteiger partial charge in [0.2, 0.25) is 5.95 Å². The van der Waals surface area contributed by atoms with Crippen molar-refractivity contribution < 1.29 is 4.79 Å². The summed E-state index contributed by atoms with van der Waals surface area (Å²) in [6.07, 6.45) is 0. The summed E-state index contributed by atoms with van der Waals surface area (Å²) in [6, 6.07) is 10.9. The van der Waals surface area contributed by atoms with Crippen molar-refractivity contribution >= 4 is 46.1 Å². The number of rotatable bonds is 7. The van der Waals surface area contributed by atoms with Crippen LogP contribution in [-0.2, 0) is 6.54 Å². The van der Waals surface area contributed by atoms with Gasteiger partial charge in [0, 0.05) is 13.1 Å². The molecular weight excluding hydrogens is 385 g/mol. The first-order chi connectivity index (χ1) is 13.0. The van der Waals surface area contributed by atoms with Gasteiger partial charge in [0.15, 0.2) is 0 Å². The molecule has 0 aliphatic heterocycles. The number of imidazole rings is 1. The van der Waals surface area contributed by atoms with Gasteiger partial charge in [0.05, 0.1) is 16.6 Å². The second-order valence-electron chi connectivity index (χ2n) is 6.03. The second-order valence-corrected chi connectivity index (χ2v) is 6.77. The van der Waals surface area contributed by atoms with Crippen LogP contribution in [0.3, 0.4) is 0 Å². The van der Waals surface area contributed by atoms with Gasteiger partial charge < -0.3 is 9.47 Å². The number of nitrogens with zero attached hydrogens (tertiary/aromatic N) is 4. The Labute approximate surface area is 168 Å². The molecule has 2 heterocycles. The number of fused-ring (bicyclic) bond motifs is 1. The van der Waals surface area contributed by atoms with Crippen molar-refractivity contribution in [1.82, 2.24) is 19.4 Å². The van der Waals surface area contributed by atoms with E-state index in [1.54, 1.807) is 6.07 Å². The van der Waals surface area contributed by atoms with Crippen LogP contribution in [0.15, 0.2) is 36.4 Å². The topological polar surface area (TPSA) is 63.0 Å². The van der Waals surface area contributed by atoms with Gasteiger partial charge in [-0.1, -0.05) is 49.2 Å². The van der Waals surface area contributed by atoms with Gasteiger partial charge in [-0.2, -0.15) is 0 Å². The Morgan fingerprint density at radius 1 is 1.11 bits per heavy atom. The molecule has 0 bridgehead atoms. The molecule has 0 saturated carbocycles. The van der Waals surface area contributed by atoms with Crippen LogP contribution in [0.1, 0.15) is 24.2 Å². The second kappa shape index (κ2) is 8.69. The highest BCUT2D eigenvalue weighted by Crippen LogP contribution is 2.22. The molecule has 0 radical (unpaired) electrons. The lowest BCUT2D eigenvalue weighted by molar-refractivity contribution is 0.102. The Kier molecular flexibility index (Phi) is 6.31. The van der Waals surface area contributed by atoms with E-state index in [0.717, 1.165) is 30.7 Å². The number of carbonyl (C=O) groups is 1. The fourth-order valence-corrected chi connectivity index (χ4v) is 3.36. The molecule has 142 valence electrons. The van der Waals surface area contributed by atoms with Crippen LogP contribution < -0.4 is 5.32 Å². The van der Waals surface area contributed by atoms with Crippen LogP contribution in [0.4, 0.5) is 5.95 Å². The molecule has 0 fully saturated rings. The summed E-state index contributed by atoms with van der Waals surface area (Å²) in [6.45, 7) is 7.78. The molecule has 3 rings (SSSR count). The number of likely N-dealkylation sites (N-methyl/N-ethyl adjacent to an activating group) is 1. The maximum atomic E-state index is 12.7. The van der Waals surface area contributed by atoms with E-state index in [1.165, 1.54) is 6.07 Å². The Morgan fingerprint density at radius 2 is 1.85 bits per heavy atom. The minimum absolute atomic E-state index is 0.0609. The smallest absolute Gasteiger partial charge is 0.261 e. The molecule has 0 spiro atoms. The normalized spacial score (nSPS) is 11.3. The zero-order valence-corrected chi connectivity index (χ0v) is 16.8. The third kappa shape index (κ3) is 4.40. The largest absolute Gasteiger partial charge is 0.309 e. The molecule has 0 atom stereocenters. The van der Waals surface area contributed by atoms with Crippen LogP contribution in [0.25, 0.3) is 11.0 Å². The number of carbonyl (C=O) groups excluding carboxylic acids is 1. The molecule has 0 aliphatic rings. The number of nitrogens with one attached hydrogen (secondary N) is 1. The SMILES string of the molecule is CCN(CC)CCn1c(NC(=O)c2ccc(Cl)nc2Cl)nc2ccccc21. The molecule has 3 aromatic rings. The minimum atomic E-state index is -0.372. The summed E-state index contributed by atoms with van der Waals surface area (Å²) >= 11 is 11.9. The number of pyridine rings is 1. The fraction of sp³-hybridized carbons (Fsp3) is 0.316. The summed E-state index contributed by atoms with van der Waals surface area (Å²) in [5.41, 5.74) is 2.05. The molecule has 0 aliphatic carbocycles. The summed E-state index contributed by atoms with van der Waals surface area (Å²) in [5, 5.41) is 3.16. The first-order valence-corrected chi connectivity index (χ1v) is 9.60. The average Bonchev–Trinajstić information content (AvgIpc) is 2.99. The Morgan fingerprint density at radius 3 is 2.56 bits per heavy atom. The first kappa shape index (κ1) is 19.6. The molecule has 0 unspecified atom stereocenters. The van der Waals surface area contributed by atoms with Crippen molar-refractivity contribution in [3.8, 4) is 0 Å². The van der Waals surface area contributed by atoms with E-state index < -0.39 is 0 Å². The summed E-state index contributed by atoms with van der Waals surface area (Å²) in [5.74, 6) is 0.114. The van der Waals surface area contributed by atoms with Crippen molar-refractivity contribution in [1.29, 1.82) is 0 Å². The predicted molar refractivity (Wildman–Crippen MR) is 110 cm³/mol. The standard InChI is InChI=1S/C19H21Cl2N5O/c1-3-25(4-2)11-12-26-15-8-6-5-7-14(15)22-19(26)24-18(27)13-9-10-16(20)23-17(13)21/h5-10H,3-4,11-12H2,1-2H3,(H,22,24,27). The molecule has 6 nitrogen and oxygen atoms in total. The first-order valence-electron chi connectivity index (χ1n) is 8.84. The summed E-state index contributed by atoms with van der Waals surface area (Å²) < 4.78 is 2.02. The van der Waals surface area contributed by atoms with E-state index >= 15 is 0 Å². The lowest BCUT2D eigenvalue weighted by Gasteiger charge is -2.19. The van der Waals surface area contributed by atoms with Crippen LogP contribution in [0.5, 0.6) is 0 Å². The van der Waals surface area contributed by atoms with Crippen LogP contribution in [-0.4, -0.2) is 45.0 Å². The highest BCUT2D eigenvalue weighted by Gasteiger charge is 2.17. The maximum absolute atomic E-state index is 12.7. The number of halogens is 2. The highest BCUT2D eigenvalue weighted by molar-refractivity contribution is 6.35. The van der Waals surface area contributed by atoms with E-state index in [9.17, 15) is 4.79 Å². The van der Waals surface area contributed by atoms with Crippen LogP contribution in [0, 0.1) is 0 Å². The minimum Gasteiger partial charge on any atom is -0.309 e. The Balaban J connectivity index is 1.90. The average molecular weight is 406 g/mol. The molecule has 1 aromatic carbocycles. The zero-order valence-electron chi connectivity index (χ0n) is 15.2. The van der Waals surface area contributed by atoms with Crippen LogP contribution in [0.2, 0.25) is 10.3 Å². The number of hydrogen-bond donors (Lipinski definition) is 1. The highest BCUT2D eigenvalue weighted by atomic mass is 35.5. The van der Waals surface area contributed by atoms with Gasteiger partial charge in [0.25, 0.3) is 5.91 Å². The molecule has 8 heteroatoms. The quantitative estimate of drug-likeness (QED) is 0.594. The lowest BCUT2D eigenvalue weighted by Crippen LogP contribution is -2.27. The number of para-hydroxylation sites is 2. The Bertz CT molecular complexity index is 952. The van der Waals surface area contributed by atoms with Gasteiger partial charge in [-0.05, 0) is 37.4 Å². The monoisotopic (exact) mass is 405 g/mol. The number of anilines is 1. The van der Waals surface area contributed by atoms with E-state index in [1.807, 2.05) is 28.8 Å². The molecule has 27 heavy (non-hydrogen) atoms. The summed E-state index contributed by atoms with van der Waals surface area (Å²) in [7, 11) is 0. The predicted octanol–water partition coefficient (Wildman–Crippen LogP) is 4.33. The van der Waals surface area contributed by atoms with Crippen LogP contribution >= 0.6 is 23.2 Å². The Hall–Kier alpha value is -2.15. The van der Waals surface area contributed by atoms with E-state index in [2.05, 4.69) is 34.0 Å². The third-order valence-corrected chi connectivity index (χ3v) is 4.97. The lowest BCUT2D eigenvalue weighted by atomic mass is 10.3. The van der Waals surface area contributed by atoms with Gasteiger partial charge >= 0.3 is 0 Å². The third-order valence-electron chi connectivity index (χ3n) is 4.47. The van der Waals surface area contributed by atoms with Crippen molar-refractivity contribution in [2.75, 3.05) is 25.0 Å². The van der Waals surface area contributed by atoms with E-state index in [0.29, 0.717) is 12.5 Å². The van der Waals surface area contributed by atoms with Crippen molar-refractivity contribution in [3.05, 3.63) is 52.3 Å². The van der Waals surface area contributed by atoms with E-state index in [4.69, 9.17) is 23.2 Å². The molecule has 1 N–H and O–H groups in total. The maximum Gasteiger partial charge on any atom is 0.261 e. The van der Waals surface area contributed by atoms with Gasteiger partial charge in [-0.15, -0.1) is 0 Å². The summed E-state index contributed by atoms with van der Waals surface area (Å²) in [4.78, 5) is 23.5. The number of hydrogen-bond acceptors (Lipinski definition) is 4. The molecule has 2 aromatic heterocycles. The van der Waals surface area contributed by atoms with Crippen molar-refractivity contribution in [2.24, 2.45) is 0 Å². The van der Waals surface area contributed by atoms with Gasteiger partial charge in [-0.3, -0.25) is 10.1 Å². The number of benzene rings is 1. The fourth-order valence-electron chi connectivity index (χ4n) is 2.93.